The fourth-order valence-electron chi connectivity index (χ4n) is 2.89. The highest BCUT2D eigenvalue weighted by Gasteiger charge is 2.25. The van der Waals surface area contributed by atoms with Gasteiger partial charge >= 0.3 is 6.03 Å². The van der Waals surface area contributed by atoms with Crippen LogP contribution in [0.15, 0.2) is 18.2 Å². The van der Waals surface area contributed by atoms with Crippen LogP contribution in [0.4, 0.5) is 10.5 Å². The number of nitrogens with two attached hydrogens (primary N) is 1. The number of nitrogens with zero attached hydrogens (tertiary/aromatic N) is 1. The Morgan fingerprint density at radius 1 is 1.22 bits per heavy atom. The maximum absolute atomic E-state index is 12.7. The molecule has 4 N–H and O–H groups in total. The van der Waals surface area contributed by atoms with Crippen molar-refractivity contribution in [3.63, 3.8) is 0 Å². The summed E-state index contributed by atoms with van der Waals surface area (Å²) >= 11 is 0. The van der Waals surface area contributed by atoms with E-state index in [4.69, 9.17) is 5.73 Å². The number of urea groups is 1. The molecule has 0 atom stereocenters. The monoisotopic (exact) mass is 374 g/mol. The molecule has 0 radical (unpaired) electrons. The number of hydrogen-bond acceptors (Lipinski definition) is 3. The van der Waals surface area contributed by atoms with Crippen molar-refractivity contribution in [1.82, 2.24) is 10.2 Å². The van der Waals surface area contributed by atoms with Crippen LogP contribution in [0.25, 0.3) is 0 Å². The first-order valence-electron chi connectivity index (χ1n) is 9.35. The Hall–Kier alpha value is -2.57. The van der Waals surface area contributed by atoms with Crippen molar-refractivity contribution in [2.45, 2.75) is 40.5 Å². The Labute approximate surface area is 160 Å². The van der Waals surface area contributed by atoms with Crippen LogP contribution in [0.3, 0.4) is 0 Å². The number of primary amides is 1. The summed E-state index contributed by atoms with van der Waals surface area (Å²) in [4.78, 5) is 37.9. The zero-order valence-electron chi connectivity index (χ0n) is 16.6. The molecular weight excluding hydrogens is 344 g/mol. The van der Waals surface area contributed by atoms with Gasteiger partial charge in [-0.05, 0) is 63.3 Å². The summed E-state index contributed by atoms with van der Waals surface area (Å²) in [5.41, 5.74) is 6.52. The zero-order chi connectivity index (χ0) is 20.2. The fourth-order valence-corrected chi connectivity index (χ4v) is 2.89. The van der Waals surface area contributed by atoms with E-state index < -0.39 is 17.4 Å². The van der Waals surface area contributed by atoms with E-state index in [9.17, 15) is 14.4 Å². The number of carbonyl (C=O) groups is 3. The van der Waals surface area contributed by atoms with Crippen LogP contribution in [-0.4, -0.2) is 42.4 Å². The van der Waals surface area contributed by atoms with Crippen LogP contribution in [0.5, 0.6) is 0 Å². The molecule has 2 rings (SSSR count). The number of amides is 4. The molecule has 1 aliphatic rings. The van der Waals surface area contributed by atoms with E-state index in [2.05, 4.69) is 17.6 Å². The Morgan fingerprint density at radius 3 is 2.41 bits per heavy atom. The second kappa shape index (κ2) is 8.41. The predicted molar refractivity (Wildman–Crippen MR) is 105 cm³/mol. The van der Waals surface area contributed by atoms with E-state index in [1.807, 2.05) is 11.8 Å². The van der Waals surface area contributed by atoms with Crippen LogP contribution in [-0.2, 0) is 4.79 Å². The molecule has 0 aromatic heterocycles. The predicted octanol–water partition coefficient (Wildman–Crippen LogP) is 2.50. The molecule has 1 aliphatic heterocycles. The van der Waals surface area contributed by atoms with Crippen molar-refractivity contribution in [2.75, 3.05) is 25.0 Å². The minimum absolute atomic E-state index is 0.0317. The first kappa shape index (κ1) is 20.7. The maximum Gasteiger partial charge on any atom is 0.319 e. The Balaban J connectivity index is 1.97. The van der Waals surface area contributed by atoms with E-state index in [0.717, 1.165) is 31.5 Å². The molecule has 4 amide bonds. The number of aryl methyl sites for hydroxylation is 1. The van der Waals surface area contributed by atoms with E-state index >= 15 is 0 Å². The molecule has 148 valence electrons. The molecular formula is C20H30N4O3. The summed E-state index contributed by atoms with van der Waals surface area (Å²) in [5, 5.41) is 5.39. The highest BCUT2D eigenvalue weighted by atomic mass is 16.2. The number of anilines is 1. The standard InChI is InChI=1S/C20H30N4O3/c1-13-7-9-24(10-8-13)17(25)15-5-6-16(14(2)11-15)23-19(27)22-12-20(3,4)18(21)26/h5-6,11,13H,7-10,12H2,1-4H3,(H2,21,26)(H2,22,23,27). The first-order chi connectivity index (χ1) is 12.6. The second-order valence-corrected chi connectivity index (χ2v) is 8.06. The van der Waals surface area contributed by atoms with Gasteiger partial charge in [0.1, 0.15) is 0 Å². The van der Waals surface area contributed by atoms with Crippen molar-refractivity contribution in [3.8, 4) is 0 Å². The summed E-state index contributed by atoms with van der Waals surface area (Å²) in [7, 11) is 0. The molecule has 1 saturated heterocycles. The van der Waals surface area contributed by atoms with E-state index in [1.165, 1.54) is 0 Å². The van der Waals surface area contributed by atoms with Crippen molar-refractivity contribution < 1.29 is 14.4 Å². The Morgan fingerprint density at radius 2 is 1.85 bits per heavy atom. The lowest BCUT2D eigenvalue weighted by molar-refractivity contribution is -0.125. The molecule has 7 heteroatoms. The van der Waals surface area contributed by atoms with Gasteiger partial charge in [0.25, 0.3) is 5.91 Å². The molecule has 0 bridgehead atoms. The van der Waals surface area contributed by atoms with Gasteiger partial charge in [-0.2, -0.15) is 0 Å². The van der Waals surface area contributed by atoms with Crippen LogP contribution >= 0.6 is 0 Å². The topological polar surface area (TPSA) is 105 Å². The molecule has 1 aromatic rings. The lowest BCUT2D eigenvalue weighted by Crippen LogP contribution is -2.43. The average Bonchev–Trinajstić information content (AvgIpc) is 2.61. The third-order valence-electron chi connectivity index (χ3n) is 5.15. The second-order valence-electron chi connectivity index (χ2n) is 8.06. The van der Waals surface area contributed by atoms with Crippen molar-refractivity contribution in [1.29, 1.82) is 0 Å². The van der Waals surface area contributed by atoms with Gasteiger partial charge in [0.15, 0.2) is 0 Å². The van der Waals surface area contributed by atoms with Gasteiger partial charge in [0.2, 0.25) is 5.91 Å². The molecule has 0 unspecified atom stereocenters. The highest BCUT2D eigenvalue weighted by molar-refractivity contribution is 5.96. The van der Waals surface area contributed by atoms with E-state index in [0.29, 0.717) is 17.2 Å². The maximum atomic E-state index is 12.7. The Kier molecular flexibility index (Phi) is 6.46. The quantitative estimate of drug-likeness (QED) is 0.737. The summed E-state index contributed by atoms with van der Waals surface area (Å²) in [6.45, 7) is 9.11. The van der Waals surface area contributed by atoms with Gasteiger partial charge in [-0.3, -0.25) is 9.59 Å². The highest BCUT2D eigenvalue weighted by Crippen LogP contribution is 2.21. The molecule has 7 nitrogen and oxygen atoms in total. The summed E-state index contributed by atoms with van der Waals surface area (Å²) in [5.74, 6) is 0.221. The van der Waals surface area contributed by atoms with Gasteiger partial charge in [-0.25, -0.2) is 4.79 Å². The van der Waals surface area contributed by atoms with Crippen LogP contribution < -0.4 is 16.4 Å². The van der Waals surface area contributed by atoms with Gasteiger partial charge in [0.05, 0.1) is 5.41 Å². The molecule has 1 fully saturated rings. The number of nitrogens with one attached hydrogen (secondary N) is 2. The molecule has 0 aliphatic carbocycles. The number of benzene rings is 1. The lowest BCUT2D eigenvalue weighted by Gasteiger charge is -2.30. The molecule has 27 heavy (non-hydrogen) atoms. The minimum Gasteiger partial charge on any atom is -0.369 e. The SMILES string of the molecule is Cc1cc(C(=O)N2CCC(C)CC2)ccc1NC(=O)NCC(C)(C)C(N)=O. The van der Waals surface area contributed by atoms with E-state index in [1.54, 1.807) is 32.0 Å². The third kappa shape index (κ3) is 5.45. The number of carbonyl (C=O) groups excluding carboxylic acids is 3. The minimum atomic E-state index is -0.825. The summed E-state index contributed by atoms with van der Waals surface area (Å²) in [6.07, 6.45) is 2.07. The number of rotatable bonds is 5. The molecule has 0 spiro atoms. The first-order valence-corrected chi connectivity index (χ1v) is 9.35. The van der Waals surface area contributed by atoms with Crippen molar-refractivity contribution >= 4 is 23.5 Å². The molecule has 0 saturated carbocycles. The summed E-state index contributed by atoms with van der Waals surface area (Å²) in [6, 6.07) is 4.84. The Bertz CT molecular complexity index is 722. The van der Waals surface area contributed by atoms with Gasteiger partial charge < -0.3 is 21.3 Å². The van der Waals surface area contributed by atoms with Gasteiger partial charge in [-0.1, -0.05) is 6.92 Å². The smallest absolute Gasteiger partial charge is 0.319 e. The average molecular weight is 374 g/mol. The fraction of sp³-hybridized carbons (Fsp3) is 0.550. The number of hydrogen-bond donors (Lipinski definition) is 3. The van der Waals surface area contributed by atoms with Crippen LogP contribution in [0.1, 0.15) is 49.5 Å². The van der Waals surface area contributed by atoms with Crippen LogP contribution in [0, 0.1) is 18.3 Å². The van der Waals surface area contributed by atoms with Gasteiger partial charge in [-0.15, -0.1) is 0 Å². The number of piperidine rings is 1. The summed E-state index contributed by atoms with van der Waals surface area (Å²) < 4.78 is 0. The largest absolute Gasteiger partial charge is 0.369 e. The third-order valence-corrected chi connectivity index (χ3v) is 5.15. The molecule has 1 aromatic carbocycles. The zero-order valence-corrected chi connectivity index (χ0v) is 16.6. The van der Waals surface area contributed by atoms with Crippen LogP contribution in [0.2, 0.25) is 0 Å². The van der Waals surface area contributed by atoms with Gasteiger partial charge in [0, 0.05) is 30.9 Å². The number of likely N-dealkylation sites (tertiary alicyclic amines) is 1. The van der Waals surface area contributed by atoms with E-state index in [-0.39, 0.29) is 12.5 Å². The molecule has 1 heterocycles. The van der Waals surface area contributed by atoms with Crippen molar-refractivity contribution in [3.05, 3.63) is 29.3 Å². The normalized spacial score (nSPS) is 15.3. The lowest BCUT2D eigenvalue weighted by atomic mass is 9.93. The van der Waals surface area contributed by atoms with Crippen molar-refractivity contribution in [2.24, 2.45) is 17.1 Å².